The molecule has 16 heavy (non-hydrogen) atoms. The second kappa shape index (κ2) is 2.42. The maximum absolute atomic E-state index is 12.7. The van der Waals surface area contributed by atoms with Crippen LogP contribution in [-0.4, -0.2) is 5.78 Å². The van der Waals surface area contributed by atoms with E-state index in [1.54, 1.807) is 0 Å². The van der Waals surface area contributed by atoms with Gasteiger partial charge in [0.15, 0.2) is 0 Å². The van der Waals surface area contributed by atoms with Crippen LogP contribution in [0.5, 0.6) is 0 Å². The standard InChI is InChI=1S/C15H22O/c1-13(2)10-5-8-15(13)9-14(6-3-4-7-14)11(10)12(15)16/h10-11H,3-9H2,1-2H3. The number of hydrogen-bond donors (Lipinski definition) is 0. The van der Waals surface area contributed by atoms with Gasteiger partial charge in [0.2, 0.25) is 0 Å². The second-order valence-electron chi connectivity index (χ2n) is 7.54. The number of hydrogen-bond acceptors (Lipinski definition) is 1. The van der Waals surface area contributed by atoms with E-state index in [2.05, 4.69) is 13.8 Å². The van der Waals surface area contributed by atoms with Gasteiger partial charge in [-0.15, -0.1) is 0 Å². The number of ketones is 1. The van der Waals surface area contributed by atoms with Crippen molar-refractivity contribution in [1.29, 1.82) is 0 Å². The van der Waals surface area contributed by atoms with Crippen molar-refractivity contribution in [3.8, 4) is 0 Å². The van der Waals surface area contributed by atoms with Crippen LogP contribution >= 0.6 is 0 Å². The van der Waals surface area contributed by atoms with Crippen LogP contribution in [0.3, 0.4) is 0 Å². The molecule has 4 fully saturated rings. The van der Waals surface area contributed by atoms with E-state index in [9.17, 15) is 4.79 Å². The van der Waals surface area contributed by atoms with Crippen LogP contribution < -0.4 is 0 Å². The first-order valence-corrected chi connectivity index (χ1v) is 7.08. The lowest BCUT2D eigenvalue weighted by atomic mass is 9.58. The average molecular weight is 218 g/mol. The van der Waals surface area contributed by atoms with E-state index >= 15 is 0 Å². The number of rotatable bonds is 0. The van der Waals surface area contributed by atoms with Gasteiger partial charge in [0.05, 0.1) is 0 Å². The lowest BCUT2D eigenvalue weighted by Crippen LogP contribution is -2.40. The first kappa shape index (κ1) is 9.67. The molecule has 3 atom stereocenters. The molecule has 0 saturated heterocycles. The molecule has 4 saturated carbocycles. The summed E-state index contributed by atoms with van der Waals surface area (Å²) in [6.45, 7) is 4.76. The van der Waals surface area contributed by atoms with Crippen LogP contribution in [0.4, 0.5) is 0 Å². The highest BCUT2D eigenvalue weighted by atomic mass is 16.1. The second-order valence-corrected chi connectivity index (χ2v) is 7.54. The smallest absolute Gasteiger partial charge is 0.143 e. The highest BCUT2D eigenvalue weighted by molar-refractivity contribution is 5.95. The van der Waals surface area contributed by atoms with Gasteiger partial charge >= 0.3 is 0 Å². The minimum atomic E-state index is 0.118. The van der Waals surface area contributed by atoms with Crippen LogP contribution in [0.15, 0.2) is 0 Å². The maximum atomic E-state index is 12.7. The van der Waals surface area contributed by atoms with Gasteiger partial charge in [0.1, 0.15) is 5.78 Å². The number of Topliss-reactive ketones (excluding diaryl/α,β-unsaturated/α-hetero) is 1. The van der Waals surface area contributed by atoms with Crippen molar-refractivity contribution >= 4 is 5.78 Å². The van der Waals surface area contributed by atoms with Crippen molar-refractivity contribution < 1.29 is 4.79 Å². The summed E-state index contributed by atoms with van der Waals surface area (Å²) in [6, 6.07) is 0. The molecular formula is C15H22O. The Morgan fingerprint density at radius 1 is 1.12 bits per heavy atom. The van der Waals surface area contributed by atoms with Gasteiger partial charge in [0, 0.05) is 11.3 Å². The fourth-order valence-electron chi connectivity index (χ4n) is 6.33. The molecule has 2 spiro atoms. The minimum Gasteiger partial charge on any atom is -0.299 e. The predicted octanol–water partition coefficient (Wildman–Crippen LogP) is 3.57. The summed E-state index contributed by atoms with van der Waals surface area (Å²) in [5.74, 6) is 1.89. The molecule has 88 valence electrons. The van der Waals surface area contributed by atoms with E-state index in [-0.39, 0.29) is 5.41 Å². The van der Waals surface area contributed by atoms with Crippen molar-refractivity contribution in [2.24, 2.45) is 28.1 Å². The van der Waals surface area contributed by atoms with E-state index in [0.29, 0.717) is 22.5 Å². The molecule has 0 aromatic heterocycles. The predicted molar refractivity (Wildman–Crippen MR) is 63.0 cm³/mol. The zero-order valence-corrected chi connectivity index (χ0v) is 10.5. The van der Waals surface area contributed by atoms with Gasteiger partial charge in [-0.3, -0.25) is 4.79 Å². The van der Waals surface area contributed by atoms with Crippen LogP contribution in [0, 0.1) is 28.1 Å². The fourth-order valence-corrected chi connectivity index (χ4v) is 6.33. The third kappa shape index (κ3) is 0.708. The Morgan fingerprint density at radius 3 is 2.38 bits per heavy atom. The number of fused-ring (bicyclic) bond motifs is 4. The Hall–Kier alpha value is -0.330. The molecule has 1 heteroatoms. The Kier molecular flexibility index (Phi) is 1.46. The van der Waals surface area contributed by atoms with Crippen molar-refractivity contribution in [2.75, 3.05) is 0 Å². The van der Waals surface area contributed by atoms with E-state index in [0.717, 1.165) is 5.92 Å². The van der Waals surface area contributed by atoms with Gasteiger partial charge < -0.3 is 0 Å². The quantitative estimate of drug-likeness (QED) is 0.607. The SMILES string of the molecule is CC1(C)C2CCC13CC1(CCCC1)C2C3=O. The molecule has 0 aliphatic heterocycles. The van der Waals surface area contributed by atoms with Crippen molar-refractivity contribution in [1.82, 2.24) is 0 Å². The summed E-state index contributed by atoms with van der Waals surface area (Å²) >= 11 is 0. The zero-order chi connectivity index (χ0) is 11.2. The third-order valence-corrected chi connectivity index (χ3v) is 7.11. The van der Waals surface area contributed by atoms with E-state index in [4.69, 9.17) is 0 Å². The molecule has 0 heterocycles. The molecule has 0 aromatic rings. The van der Waals surface area contributed by atoms with Gasteiger partial charge in [0.25, 0.3) is 0 Å². The average Bonchev–Trinajstić information content (AvgIpc) is 2.82. The summed E-state index contributed by atoms with van der Waals surface area (Å²) in [5, 5.41) is 0. The van der Waals surface area contributed by atoms with Crippen LogP contribution in [-0.2, 0) is 4.79 Å². The summed E-state index contributed by atoms with van der Waals surface area (Å²) in [4.78, 5) is 12.7. The number of carbonyl (C=O) groups is 1. The first-order chi connectivity index (χ1) is 7.54. The van der Waals surface area contributed by atoms with Crippen LogP contribution in [0.1, 0.15) is 58.8 Å². The normalized spacial score (nSPS) is 50.8. The molecule has 1 nitrogen and oxygen atoms in total. The molecule has 0 amide bonds. The van der Waals surface area contributed by atoms with Crippen LogP contribution in [0.25, 0.3) is 0 Å². The molecule has 4 rings (SSSR count). The molecule has 0 radical (unpaired) electrons. The van der Waals surface area contributed by atoms with Crippen molar-refractivity contribution in [2.45, 2.75) is 58.8 Å². The van der Waals surface area contributed by atoms with Crippen molar-refractivity contribution in [3.63, 3.8) is 0 Å². The highest BCUT2D eigenvalue weighted by Crippen LogP contribution is 2.79. The highest BCUT2D eigenvalue weighted by Gasteiger charge is 2.78. The third-order valence-electron chi connectivity index (χ3n) is 7.11. The Morgan fingerprint density at radius 2 is 1.81 bits per heavy atom. The minimum absolute atomic E-state index is 0.118. The van der Waals surface area contributed by atoms with Gasteiger partial charge in [-0.2, -0.15) is 0 Å². The molecule has 3 unspecified atom stereocenters. The van der Waals surface area contributed by atoms with Crippen LogP contribution in [0.2, 0.25) is 0 Å². The first-order valence-electron chi connectivity index (χ1n) is 7.08. The number of carbonyl (C=O) groups excluding carboxylic acids is 1. The maximum Gasteiger partial charge on any atom is 0.143 e. The lowest BCUT2D eigenvalue weighted by molar-refractivity contribution is -0.129. The molecule has 0 aromatic carbocycles. The van der Waals surface area contributed by atoms with Crippen molar-refractivity contribution in [3.05, 3.63) is 0 Å². The molecule has 4 aliphatic rings. The molecule has 4 aliphatic carbocycles. The summed E-state index contributed by atoms with van der Waals surface area (Å²) in [5.41, 5.74) is 0.920. The van der Waals surface area contributed by atoms with Gasteiger partial charge in [-0.05, 0) is 48.9 Å². The van der Waals surface area contributed by atoms with E-state index in [1.807, 2.05) is 0 Å². The summed E-state index contributed by atoms with van der Waals surface area (Å²) in [7, 11) is 0. The van der Waals surface area contributed by atoms with Gasteiger partial charge in [-0.25, -0.2) is 0 Å². The van der Waals surface area contributed by atoms with E-state index in [1.165, 1.54) is 44.9 Å². The molecular weight excluding hydrogens is 196 g/mol. The molecule has 3 bridgehead atoms. The van der Waals surface area contributed by atoms with E-state index < -0.39 is 0 Å². The monoisotopic (exact) mass is 218 g/mol. The van der Waals surface area contributed by atoms with Gasteiger partial charge in [-0.1, -0.05) is 26.7 Å². The summed E-state index contributed by atoms with van der Waals surface area (Å²) in [6.07, 6.45) is 9.29. The summed E-state index contributed by atoms with van der Waals surface area (Å²) < 4.78 is 0. The topological polar surface area (TPSA) is 17.1 Å². The molecule has 0 N–H and O–H groups in total. The fraction of sp³-hybridized carbons (Fsp3) is 0.933. The largest absolute Gasteiger partial charge is 0.299 e. The zero-order valence-electron chi connectivity index (χ0n) is 10.5. The Bertz CT molecular complexity index is 375. The Labute approximate surface area is 98.0 Å². The Balaban J connectivity index is 1.88. The lowest BCUT2D eigenvalue weighted by Gasteiger charge is -2.45.